The molecule has 0 saturated carbocycles. The molecule has 1 aromatic rings. The van der Waals surface area contributed by atoms with E-state index in [-0.39, 0.29) is 6.61 Å². The van der Waals surface area contributed by atoms with Gasteiger partial charge in [0, 0.05) is 13.2 Å². The van der Waals surface area contributed by atoms with Gasteiger partial charge in [0.25, 0.3) is 6.43 Å². The van der Waals surface area contributed by atoms with Crippen molar-refractivity contribution in [2.75, 3.05) is 6.61 Å². The first-order chi connectivity index (χ1) is 6.09. The highest BCUT2D eigenvalue weighted by molar-refractivity contribution is 6.31. The lowest BCUT2D eigenvalue weighted by molar-refractivity contribution is 0.00873. The van der Waals surface area contributed by atoms with Crippen LogP contribution in [0.2, 0.25) is 5.02 Å². The van der Waals surface area contributed by atoms with E-state index in [0.29, 0.717) is 10.7 Å². The minimum Gasteiger partial charge on any atom is -0.369 e. The zero-order valence-electron chi connectivity index (χ0n) is 7.01. The van der Waals surface area contributed by atoms with Gasteiger partial charge in [-0.25, -0.2) is 8.78 Å². The smallest absolute Gasteiger partial charge is 0.261 e. The van der Waals surface area contributed by atoms with Crippen LogP contribution < -0.4 is 0 Å². The molecule has 1 rings (SSSR count). The highest BCUT2D eigenvalue weighted by atomic mass is 35.5. The van der Waals surface area contributed by atoms with E-state index in [0.717, 1.165) is 0 Å². The fourth-order valence-corrected chi connectivity index (χ4v) is 1.08. The van der Waals surface area contributed by atoms with Gasteiger partial charge in [-0.15, -0.1) is 0 Å². The van der Waals surface area contributed by atoms with E-state index in [1.54, 1.807) is 13.2 Å². The van der Waals surface area contributed by atoms with Crippen LogP contribution in [0.25, 0.3) is 0 Å². The Morgan fingerprint density at radius 1 is 1.69 bits per heavy atom. The number of aryl methyl sites for hydroxylation is 1. The first kappa shape index (κ1) is 10.4. The lowest BCUT2D eigenvalue weighted by atomic mass is 10.5. The SMILES string of the molecule is Cn1cc(Cl)c(COCC(F)F)n1. The molecule has 0 bridgehead atoms. The van der Waals surface area contributed by atoms with Crippen LogP contribution in [0, 0.1) is 0 Å². The number of alkyl halides is 2. The monoisotopic (exact) mass is 210 g/mol. The van der Waals surface area contributed by atoms with Gasteiger partial charge < -0.3 is 4.74 Å². The fraction of sp³-hybridized carbons (Fsp3) is 0.571. The molecule has 0 radical (unpaired) electrons. The minimum atomic E-state index is -2.46. The molecular weight excluding hydrogens is 202 g/mol. The van der Waals surface area contributed by atoms with Gasteiger partial charge in [0.15, 0.2) is 0 Å². The molecule has 0 fully saturated rings. The molecule has 0 saturated heterocycles. The molecule has 0 amide bonds. The molecule has 0 aliphatic carbocycles. The molecule has 1 aromatic heterocycles. The molecule has 0 aliphatic heterocycles. The van der Waals surface area contributed by atoms with E-state index in [1.807, 2.05) is 0 Å². The molecule has 74 valence electrons. The summed E-state index contributed by atoms with van der Waals surface area (Å²) in [4.78, 5) is 0. The summed E-state index contributed by atoms with van der Waals surface area (Å²) < 4.78 is 29.5. The van der Waals surface area contributed by atoms with Crippen LogP contribution in [0.5, 0.6) is 0 Å². The highest BCUT2D eigenvalue weighted by Crippen LogP contribution is 2.14. The number of hydrogen-bond acceptors (Lipinski definition) is 2. The highest BCUT2D eigenvalue weighted by Gasteiger charge is 2.07. The molecule has 0 aromatic carbocycles. The third kappa shape index (κ3) is 3.28. The van der Waals surface area contributed by atoms with Gasteiger partial charge in [-0.05, 0) is 0 Å². The second-order valence-electron chi connectivity index (χ2n) is 2.50. The third-order valence-electron chi connectivity index (χ3n) is 1.34. The average molecular weight is 211 g/mol. The zero-order chi connectivity index (χ0) is 9.84. The van der Waals surface area contributed by atoms with Crippen molar-refractivity contribution in [2.24, 2.45) is 7.05 Å². The van der Waals surface area contributed by atoms with Gasteiger partial charge in [-0.2, -0.15) is 5.10 Å². The molecule has 0 unspecified atom stereocenters. The maximum atomic E-state index is 11.7. The number of rotatable bonds is 4. The maximum absolute atomic E-state index is 11.7. The first-order valence-corrected chi connectivity index (χ1v) is 4.01. The van der Waals surface area contributed by atoms with Gasteiger partial charge in [0.05, 0.1) is 11.6 Å². The predicted molar refractivity (Wildman–Crippen MR) is 43.9 cm³/mol. The van der Waals surface area contributed by atoms with E-state index in [2.05, 4.69) is 9.84 Å². The zero-order valence-corrected chi connectivity index (χ0v) is 7.76. The summed E-state index contributed by atoms with van der Waals surface area (Å²) in [5.74, 6) is 0. The lowest BCUT2D eigenvalue weighted by Crippen LogP contribution is -2.05. The van der Waals surface area contributed by atoms with Crippen molar-refractivity contribution in [3.05, 3.63) is 16.9 Å². The van der Waals surface area contributed by atoms with Crippen molar-refractivity contribution in [3.63, 3.8) is 0 Å². The van der Waals surface area contributed by atoms with Gasteiger partial charge >= 0.3 is 0 Å². The summed E-state index contributed by atoms with van der Waals surface area (Å²) in [6, 6.07) is 0. The lowest BCUT2D eigenvalue weighted by Gasteiger charge is -2.00. The quantitative estimate of drug-likeness (QED) is 0.759. The largest absolute Gasteiger partial charge is 0.369 e. The van der Waals surface area contributed by atoms with Crippen LogP contribution in [0.4, 0.5) is 8.78 Å². The topological polar surface area (TPSA) is 27.1 Å². The van der Waals surface area contributed by atoms with Crippen LogP contribution in [-0.4, -0.2) is 22.8 Å². The van der Waals surface area contributed by atoms with Gasteiger partial charge in [-0.1, -0.05) is 11.6 Å². The second kappa shape index (κ2) is 4.53. The summed E-state index contributed by atoms with van der Waals surface area (Å²) in [7, 11) is 1.70. The molecule has 3 nitrogen and oxygen atoms in total. The van der Waals surface area contributed by atoms with Crippen LogP contribution in [0.1, 0.15) is 5.69 Å². The van der Waals surface area contributed by atoms with Crippen molar-refractivity contribution >= 4 is 11.6 Å². The van der Waals surface area contributed by atoms with Crippen LogP contribution >= 0.6 is 11.6 Å². The van der Waals surface area contributed by atoms with Crippen LogP contribution in [-0.2, 0) is 18.4 Å². The Kier molecular flexibility index (Phi) is 3.62. The van der Waals surface area contributed by atoms with E-state index < -0.39 is 13.0 Å². The normalized spacial score (nSPS) is 11.2. The Morgan fingerprint density at radius 2 is 2.38 bits per heavy atom. The standard InChI is InChI=1S/C7H9ClF2N2O/c1-12-2-5(8)6(11-12)3-13-4-7(9)10/h2,7H,3-4H2,1H3. The van der Waals surface area contributed by atoms with Gasteiger partial charge in [0.2, 0.25) is 0 Å². The van der Waals surface area contributed by atoms with Crippen LogP contribution in [0.15, 0.2) is 6.20 Å². The summed E-state index contributed by atoms with van der Waals surface area (Å²) in [6.45, 7) is -0.573. The van der Waals surface area contributed by atoms with Gasteiger partial charge in [-0.3, -0.25) is 4.68 Å². The van der Waals surface area contributed by atoms with Crippen molar-refractivity contribution < 1.29 is 13.5 Å². The Bertz CT molecular complexity index is 277. The third-order valence-corrected chi connectivity index (χ3v) is 1.65. The summed E-state index contributed by atoms with van der Waals surface area (Å²) in [5, 5.41) is 4.35. The maximum Gasteiger partial charge on any atom is 0.261 e. The molecule has 0 atom stereocenters. The molecule has 0 spiro atoms. The number of hydrogen-bond donors (Lipinski definition) is 0. The Balaban J connectivity index is 2.40. The van der Waals surface area contributed by atoms with E-state index >= 15 is 0 Å². The van der Waals surface area contributed by atoms with Gasteiger partial charge in [0.1, 0.15) is 12.3 Å². The van der Waals surface area contributed by atoms with Crippen LogP contribution in [0.3, 0.4) is 0 Å². The molecular formula is C7H9ClF2N2O. The van der Waals surface area contributed by atoms with E-state index in [1.165, 1.54) is 4.68 Å². The molecule has 6 heteroatoms. The number of halogens is 3. The van der Waals surface area contributed by atoms with E-state index in [4.69, 9.17) is 11.6 Å². The summed E-state index contributed by atoms with van der Waals surface area (Å²) >= 11 is 5.71. The number of nitrogens with zero attached hydrogens (tertiary/aromatic N) is 2. The first-order valence-electron chi connectivity index (χ1n) is 3.63. The van der Waals surface area contributed by atoms with Crippen molar-refractivity contribution in [3.8, 4) is 0 Å². The van der Waals surface area contributed by atoms with E-state index in [9.17, 15) is 8.78 Å². The molecule has 0 N–H and O–H groups in total. The molecule has 1 heterocycles. The molecule has 0 aliphatic rings. The predicted octanol–water partition coefficient (Wildman–Crippen LogP) is 1.86. The Morgan fingerprint density at radius 3 is 2.85 bits per heavy atom. The fourth-order valence-electron chi connectivity index (χ4n) is 0.848. The van der Waals surface area contributed by atoms with Crippen molar-refractivity contribution in [1.29, 1.82) is 0 Å². The average Bonchev–Trinajstić information content (AvgIpc) is 2.29. The van der Waals surface area contributed by atoms with Crippen molar-refractivity contribution in [2.45, 2.75) is 13.0 Å². The van der Waals surface area contributed by atoms with Crippen molar-refractivity contribution in [1.82, 2.24) is 9.78 Å². The summed E-state index contributed by atoms with van der Waals surface area (Å²) in [5.41, 5.74) is 0.477. The number of aromatic nitrogens is 2. The molecule has 13 heavy (non-hydrogen) atoms. The second-order valence-corrected chi connectivity index (χ2v) is 2.91. The Hall–Kier alpha value is -0.680. The minimum absolute atomic E-state index is 0.0179. The number of ether oxygens (including phenoxy) is 1. The Labute approximate surface area is 79.2 Å². The summed E-state index contributed by atoms with van der Waals surface area (Å²) in [6.07, 6.45) is -0.870.